The van der Waals surface area contributed by atoms with Crippen molar-refractivity contribution in [3.8, 4) is 0 Å². The number of nitrogens with zero attached hydrogens (tertiary/aromatic N) is 2. The number of ether oxygens (including phenoxy) is 1. The van der Waals surface area contributed by atoms with Gasteiger partial charge in [-0.05, 0) is 35.2 Å². The van der Waals surface area contributed by atoms with Crippen LogP contribution in [0.1, 0.15) is 24.8 Å². The van der Waals surface area contributed by atoms with Crippen LogP contribution in [0.25, 0.3) is 0 Å². The van der Waals surface area contributed by atoms with E-state index >= 15 is 0 Å². The van der Waals surface area contributed by atoms with Crippen molar-refractivity contribution < 1.29 is 9.53 Å². The molecule has 134 valence electrons. The van der Waals surface area contributed by atoms with Crippen LogP contribution in [-0.2, 0) is 22.6 Å². The predicted molar refractivity (Wildman–Crippen MR) is 94.6 cm³/mol. The number of aryl methyl sites for hydroxylation is 1. The Morgan fingerprint density at radius 2 is 2.28 bits per heavy atom. The summed E-state index contributed by atoms with van der Waals surface area (Å²) < 4.78 is 7.00. The van der Waals surface area contributed by atoms with Crippen molar-refractivity contribution >= 4 is 17.2 Å². The molecule has 3 rings (SSSR count). The average Bonchev–Trinajstić information content (AvgIpc) is 3.27. The van der Waals surface area contributed by atoms with E-state index in [1.165, 1.54) is 16.8 Å². The molecule has 3 heterocycles. The molecule has 2 aromatic heterocycles. The van der Waals surface area contributed by atoms with E-state index in [2.05, 4.69) is 4.98 Å². The Bertz CT molecular complexity index is 806. The van der Waals surface area contributed by atoms with Gasteiger partial charge in [-0.25, -0.2) is 4.79 Å². The van der Waals surface area contributed by atoms with Crippen LogP contribution < -0.4 is 11.2 Å². The maximum Gasteiger partial charge on any atom is 0.328 e. The summed E-state index contributed by atoms with van der Waals surface area (Å²) in [6, 6.07) is 3.29. The van der Waals surface area contributed by atoms with Crippen molar-refractivity contribution in [2.24, 2.45) is 0 Å². The summed E-state index contributed by atoms with van der Waals surface area (Å²) in [6.07, 6.45) is 3.68. The number of aromatic nitrogens is 2. The fraction of sp³-hybridized carbons (Fsp3) is 0.471. The van der Waals surface area contributed by atoms with Gasteiger partial charge in [-0.3, -0.25) is 14.6 Å². The third-order valence-electron chi connectivity index (χ3n) is 4.22. The number of hydrogen-bond donors (Lipinski definition) is 1. The van der Waals surface area contributed by atoms with Gasteiger partial charge in [-0.2, -0.15) is 11.3 Å². The van der Waals surface area contributed by atoms with E-state index in [9.17, 15) is 14.4 Å². The molecule has 1 unspecified atom stereocenters. The quantitative estimate of drug-likeness (QED) is 0.801. The first-order chi connectivity index (χ1) is 12.1. The molecule has 0 radical (unpaired) electrons. The van der Waals surface area contributed by atoms with Crippen LogP contribution in [0.4, 0.5) is 0 Å². The van der Waals surface area contributed by atoms with Crippen molar-refractivity contribution in [1.82, 2.24) is 14.5 Å². The second-order valence-electron chi connectivity index (χ2n) is 6.09. The standard InChI is InChI=1S/C17H21N3O4S/c21-15-3-6-19(17(23)18-15)7-4-16(22)20(10-13-5-9-25-12-13)11-14-2-1-8-24-14/h3,5-6,9,12,14H,1-2,4,7-8,10-11H2,(H,18,21,23). The van der Waals surface area contributed by atoms with E-state index in [-0.39, 0.29) is 25.0 Å². The zero-order valence-electron chi connectivity index (χ0n) is 13.8. The Morgan fingerprint density at radius 3 is 2.96 bits per heavy atom. The fourth-order valence-corrected chi connectivity index (χ4v) is 3.55. The molecule has 1 fully saturated rings. The van der Waals surface area contributed by atoms with Gasteiger partial charge in [0.05, 0.1) is 6.10 Å². The molecule has 0 aliphatic carbocycles. The number of amides is 1. The Kier molecular flexibility index (Phi) is 5.83. The molecule has 0 spiro atoms. The Morgan fingerprint density at radius 1 is 1.40 bits per heavy atom. The smallest absolute Gasteiger partial charge is 0.328 e. The number of thiophene rings is 1. The van der Waals surface area contributed by atoms with Crippen molar-refractivity contribution in [3.05, 3.63) is 55.5 Å². The van der Waals surface area contributed by atoms with Gasteiger partial charge in [0, 0.05) is 44.9 Å². The van der Waals surface area contributed by atoms with Crippen LogP contribution in [0, 0.1) is 0 Å². The Labute approximate surface area is 148 Å². The summed E-state index contributed by atoms with van der Waals surface area (Å²) in [5.41, 5.74) is 0.159. The summed E-state index contributed by atoms with van der Waals surface area (Å²) in [5.74, 6) is -0.0280. The number of carbonyl (C=O) groups excluding carboxylic acids is 1. The first-order valence-corrected chi connectivity index (χ1v) is 9.26. The monoisotopic (exact) mass is 363 g/mol. The fourth-order valence-electron chi connectivity index (χ4n) is 2.89. The molecule has 1 amide bonds. The highest BCUT2D eigenvalue weighted by Gasteiger charge is 2.22. The van der Waals surface area contributed by atoms with Crippen molar-refractivity contribution in [2.75, 3.05) is 13.2 Å². The number of carbonyl (C=O) groups is 1. The molecule has 0 bridgehead atoms. The van der Waals surface area contributed by atoms with Crippen LogP contribution >= 0.6 is 11.3 Å². The van der Waals surface area contributed by atoms with E-state index in [0.717, 1.165) is 25.0 Å². The van der Waals surface area contributed by atoms with Gasteiger partial charge < -0.3 is 14.2 Å². The average molecular weight is 363 g/mol. The number of H-pyrrole nitrogens is 1. The van der Waals surface area contributed by atoms with Gasteiger partial charge in [-0.15, -0.1) is 0 Å². The molecule has 2 aromatic rings. The third-order valence-corrected chi connectivity index (χ3v) is 4.95. The van der Waals surface area contributed by atoms with Gasteiger partial charge in [-0.1, -0.05) is 0 Å². The van der Waals surface area contributed by atoms with Crippen LogP contribution in [-0.4, -0.2) is 39.6 Å². The van der Waals surface area contributed by atoms with Gasteiger partial charge in [0.1, 0.15) is 0 Å². The van der Waals surface area contributed by atoms with Gasteiger partial charge in [0.2, 0.25) is 5.91 Å². The minimum absolute atomic E-state index is 0.0280. The molecule has 1 N–H and O–H groups in total. The Balaban J connectivity index is 1.64. The normalized spacial score (nSPS) is 16.9. The second kappa shape index (κ2) is 8.26. The van der Waals surface area contributed by atoms with E-state index in [1.54, 1.807) is 16.2 Å². The molecule has 8 heteroatoms. The van der Waals surface area contributed by atoms with Crippen LogP contribution in [0.3, 0.4) is 0 Å². The Hall–Kier alpha value is -2.19. The van der Waals surface area contributed by atoms with Crippen molar-refractivity contribution in [3.63, 3.8) is 0 Å². The zero-order valence-corrected chi connectivity index (χ0v) is 14.7. The number of hydrogen-bond acceptors (Lipinski definition) is 5. The first-order valence-electron chi connectivity index (χ1n) is 8.32. The molecule has 1 aliphatic heterocycles. The molecular formula is C17H21N3O4S. The molecule has 1 aliphatic rings. The molecule has 7 nitrogen and oxygen atoms in total. The number of aromatic amines is 1. The maximum absolute atomic E-state index is 12.7. The molecule has 1 atom stereocenters. The summed E-state index contributed by atoms with van der Waals surface area (Å²) in [5, 5.41) is 4.02. The number of rotatable bonds is 7. The highest BCUT2D eigenvalue weighted by Crippen LogP contribution is 2.17. The predicted octanol–water partition coefficient (Wildman–Crippen LogP) is 1.20. The highest BCUT2D eigenvalue weighted by atomic mass is 32.1. The lowest BCUT2D eigenvalue weighted by atomic mass is 10.2. The topological polar surface area (TPSA) is 84.4 Å². The summed E-state index contributed by atoms with van der Waals surface area (Å²) in [4.78, 5) is 39.5. The summed E-state index contributed by atoms with van der Waals surface area (Å²) in [7, 11) is 0. The molecule has 0 aromatic carbocycles. The first kappa shape index (κ1) is 17.6. The number of nitrogens with one attached hydrogen (secondary N) is 1. The van der Waals surface area contributed by atoms with E-state index in [0.29, 0.717) is 13.1 Å². The van der Waals surface area contributed by atoms with Crippen molar-refractivity contribution in [1.29, 1.82) is 0 Å². The van der Waals surface area contributed by atoms with Crippen LogP contribution in [0.2, 0.25) is 0 Å². The van der Waals surface area contributed by atoms with Gasteiger partial charge >= 0.3 is 5.69 Å². The van der Waals surface area contributed by atoms with E-state index in [4.69, 9.17) is 4.74 Å². The lowest BCUT2D eigenvalue weighted by Gasteiger charge is -2.25. The SMILES string of the molecule is O=C(CCn1ccc(=O)[nH]c1=O)N(Cc1ccsc1)CC1CCCO1. The van der Waals surface area contributed by atoms with E-state index in [1.807, 2.05) is 16.8 Å². The van der Waals surface area contributed by atoms with Gasteiger partial charge in [0.15, 0.2) is 0 Å². The summed E-state index contributed by atoms with van der Waals surface area (Å²) >= 11 is 1.60. The van der Waals surface area contributed by atoms with Gasteiger partial charge in [0.25, 0.3) is 5.56 Å². The highest BCUT2D eigenvalue weighted by molar-refractivity contribution is 7.07. The van der Waals surface area contributed by atoms with Crippen LogP contribution in [0.15, 0.2) is 38.7 Å². The van der Waals surface area contributed by atoms with Crippen LogP contribution in [0.5, 0.6) is 0 Å². The molecule has 25 heavy (non-hydrogen) atoms. The lowest BCUT2D eigenvalue weighted by Crippen LogP contribution is -2.38. The molecular weight excluding hydrogens is 342 g/mol. The minimum Gasteiger partial charge on any atom is -0.376 e. The maximum atomic E-state index is 12.7. The molecule has 0 saturated carbocycles. The summed E-state index contributed by atoms with van der Waals surface area (Å²) in [6.45, 7) is 2.09. The lowest BCUT2D eigenvalue weighted by molar-refractivity contribution is -0.133. The van der Waals surface area contributed by atoms with Crippen molar-refractivity contribution in [2.45, 2.75) is 38.5 Å². The van der Waals surface area contributed by atoms with E-state index < -0.39 is 11.2 Å². The second-order valence-corrected chi connectivity index (χ2v) is 6.87. The molecule has 1 saturated heterocycles. The zero-order chi connectivity index (χ0) is 17.6. The largest absolute Gasteiger partial charge is 0.376 e. The minimum atomic E-state index is -0.496. The third kappa shape index (κ3) is 4.90.